The Kier molecular flexibility index (Phi) is 8.79. The highest BCUT2D eigenvalue weighted by Gasteiger charge is 2.50. The molecule has 4 atom stereocenters. The second-order valence-electron chi connectivity index (χ2n) is 10.0. The summed E-state index contributed by atoms with van der Waals surface area (Å²) in [4.78, 5) is 25.9. The zero-order valence-corrected chi connectivity index (χ0v) is 22.1. The number of rotatable bonds is 9. The molecule has 0 bridgehead atoms. The average Bonchev–Trinajstić information content (AvgIpc) is 3.45. The maximum Gasteiger partial charge on any atom is 0.331 e. The highest BCUT2D eigenvalue weighted by Crippen LogP contribution is 2.33. The molecule has 0 spiro atoms. The summed E-state index contributed by atoms with van der Waals surface area (Å²) in [5, 5.41) is 0. The Morgan fingerprint density at radius 2 is 1.08 bits per heavy atom. The summed E-state index contributed by atoms with van der Waals surface area (Å²) >= 11 is 0. The molecule has 2 aromatic carbocycles. The van der Waals surface area contributed by atoms with Crippen LogP contribution in [0.25, 0.3) is 12.2 Å². The Morgan fingerprint density at radius 3 is 1.39 bits per heavy atom. The summed E-state index contributed by atoms with van der Waals surface area (Å²) in [5.74, 6) is -3.04. The monoisotopic (exact) mass is 522 g/mol. The molecule has 2 fully saturated rings. The van der Waals surface area contributed by atoms with Gasteiger partial charge in [0.25, 0.3) is 0 Å². The van der Waals surface area contributed by atoms with E-state index in [0.29, 0.717) is 0 Å². The minimum atomic E-state index is -1.03. The number of carbonyl (C=O) groups excluding carboxylic acids is 2. The summed E-state index contributed by atoms with van der Waals surface area (Å²) < 4.78 is 35.4. The first-order valence-corrected chi connectivity index (χ1v) is 12.6. The molecule has 0 aliphatic carbocycles. The van der Waals surface area contributed by atoms with Crippen molar-refractivity contribution in [1.29, 1.82) is 0 Å². The molecule has 0 saturated carbocycles. The molecule has 2 unspecified atom stereocenters. The van der Waals surface area contributed by atoms with Crippen LogP contribution in [-0.2, 0) is 38.0 Å². The minimum Gasteiger partial charge on any atom is -0.452 e. The Morgan fingerprint density at radius 1 is 0.711 bits per heavy atom. The standard InChI is InChI=1S/C30H34O8/c1-29(2)33-19-23(37-29)27(35-25(31)17-15-21-11-7-5-8-12-21)28(24-20-34-30(3,4)38-24)36-26(32)18-16-22-13-9-6-10-14-22/h5-18,23-24,27-28H,19-20H2,1-4H3/b17-15+,18-16+/t23?,24?,27-,28-/m1/s1. The topological polar surface area (TPSA) is 89.5 Å². The fourth-order valence-corrected chi connectivity index (χ4v) is 4.27. The van der Waals surface area contributed by atoms with E-state index < -0.39 is 47.9 Å². The Hall–Kier alpha value is -3.30. The van der Waals surface area contributed by atoms with Crippen LogP contribution in [-0.4, -0.2) is 61.1 Å². The molecule has 0 radical (unpaired) electrons. The van der Waals surface area contributed by atoms with Crippen molar-refractivity contribution in [3.63, 3.8) is 0 Å². The fraction of sp³-hybridized carbons (Fsp3) is 0.400. The van der Waals surface area contributed by atoms with Crippen LogP contribution in [0.3, 0.4) is 0 Å². The molecule has 2 aromatic rings. The van der Waals surface area contributed by atoms with Crippen molar-refractivity contribution in [2.45, 2.75) is 63.7 Å². The molecule has 202 valence electrons. The van der Waals surface area contributed by atoms with Crippen molar-refractivity contribution in [2.75, 3.05) is 13.2 Å². The lowest BCUT2D eigenvalue weighted by atomic mass is 10.0. The molecule has 4 rings (SSSR count). The molecule has 8 nitrogen and oxygen atoms in total. The van der Waals surface area contributed by atoms with E-state index in [1.807, 2.05) is 60.7 Å². The second kappa shape index (κ2) is 12.0. The van der Waals surface area contributed by atoms with Crippen LogP contribution >= 0.6 is 0 Å². The molecule has 2 saturated heterocycles. The van der Waals surface area contributed by atoms with Gasteiger partial charge in [-0.15, -0.1) is 0 Å². The van der Waals surface area contributed by atoms with Crippen molar-refractivity contribution in [3.05, 3.63) is 83.9 Å². The van der Waals surface area contributed by atoms with Crippen molar-refractivity contribution in [1.82, 2.24) is 0 Å². The van der Waals surface area contributed by atoms with E-state index in [2.05, 4.69) is 0 Å². The van der Waals surface area contributed by atoms with E-state index in [1.54, 1.807) is 39.8 Å². The molecule has 2 heterocycles. The third kappa shape index (κ3) is 7.85. The lowest BCUT2D eigenvalue weighted by molar-refractivity contribution is -0.205. The summed E-state index contributed by atoms with van der Waals surface area (Å²) in [7, 11) is 0. The van der Waals surface area contributed by atoms with Crippen LogP contribution in [0, 0.1) is 0 Å². The van der Waals surface area contributed by atoms with Gasteiger partial charge < -0.3 is 28.4 Å². The maximum absolute atomic E-state index is 13.0. The predicted octanol–water partition coefficient (Wildman–Crippen LogP) is 4.54. The molecule has 0 aromatic heterocycles. The van der Waals surface area contributed by atoms with Crippen LogP contribution < -0.4 is 0 Å². The fourth-order valence-electron chi connectivity index (χ4n) is 4.27. The summed E-state index contributed by atoms with van der Waals surface area (Å²) in [5.41, 5.74) is 1.68. The Balaban J connectivity index is 1.58. The first-order valence-electron chi connectivity index (χ1n) is 12.6. The Bertz CT molecular complexity index is 1050. The van der Waals surface area contributed by atoms with Gasteiger partial charge in [-0.1, -0.05) is 60.7 Å². The quantitative estimate of drug-likeness (QED) is 0.350. The molecule has 8 heteroatoms. The van der Waals surface area contributed by atoms with E-state index in [9.17, 15) is 9.59 Å². The number of esters is 2. The van der Waals surface area contributed by atoms with E-state index in [0.717, 1.165) is 11.1 Å². The average molecular weight is 523 g/mol. The zero-order valence-electron chi connectivity index (χ0n) is 22.1. The summed E-state index contributed by atoms with van der Waals surface area (Å²) in [6.45, 7) is 7.34. The molecule has 2 aliphatic heterocycles. The van der Waals surface area contributed by atoms with Gasteiger partial charge in [0.2, 0.25) is 0 Å². The first kappa shape index (κ1) is 27.7. The normalized spacial score (nSPS) is 23.9. The van der Waals surface area contributed by atoms with E-state index in [1.165, 1.54) is 12.2 Å². The van der Waals surface area contributed by atoms with Gasteiger partial charge in [0, 0.05) is 12.2 Å². The van der Waals surface area contributed by atoms with Gasteiger partial charge in [-0.05, 0) is 51.0 Å². The largest absolute Gasteiger partial charge is 0.452 e. The SMILES string of the molecule is CC1(C)OCC([C@@H](OC(=O)/C=C/c2ccccc2)[C@H](OC(=O)/C=C/c2ccccc2)C2COC(C)(C)O2)O1. The van der Waals surface area contributed by atoms with Crippen LogP contribution in [0.5, 0.6) is 0 Å². The van der Waals surface area contributed by atoms with Crippen LogP contribution in [0.1, 0.15) is 38.8 Å². The number of hydrogen-bond acceptors (Lipinski definition) is 8. The van der Waals surface area contributed by atoms with Crippen LogP contribution in [0.15, 0.2) is 72.8 Å². The van der Waals surface area contributed by atoms with Crippen molar-refractivity contribution in [2.24, 2.45) is 0 Å². The highest BCUT2D eigenvalue weighted by atomic mass is 16.8. The third-order valence-electron chi connectivity index (χ3n) is 6.04. The Labute approximate surface area is 223 Å². The smallest absolute Gasteiger partial charge is 0.331 e. The van der Waals surface area contributed by atoms with Gasteiger partial charge in [0.15, 0.2) is 23.8 Å². The van der Waals surface area contributed by atoms with E-state index in [4.69, 9.17) is 28.4 Å². The van der Waals surface area contributed by atoms with Gasteiger partial charge in [-0.2, -0.15) is 0 Å². The number of carbonyl (C=O) groups is 2. The molecule has 0 amide bonds. The van der Waals surface area contributed by atoms with Gasteiger partial charge in [0.1, 0.15) is 12.2 Å². The predicted molar refractivity (Wildman–Crippen MR) is 141 cm³/mol. The summed E-state index contributed by atoms with van der Waals surface area (Å²) in [6, 6.07) is 18.7. The summed E-state index contributed by atoms with van der Waals surface area (Å²) in [6.07, 6.45) is 2.49. The van der Waals surface area contributed by atoms with Gasteiger partial charge in [-0.25, -0.2) is 9.59 Å². The van der Waals surface area contributed by atoms with Crippen molar-refractivity contribution >= 4 is 24.1 Å². The van der Waals surface area contributed by atoms with E-state index >= 15 is 0 Å². The molecular weight excluding hydrogens is 488 g/mol. The minimum absolute atomic E-state index is 0.137. The lowest BCUT2D eigenvalue weighted by Gasteiger charge is -2.33. The highest BCUT2D eigenvalue weighted by molar-refractivity contribution is 5.88. The molecule has 0 N–H and O–H groups in total. The number of hydrogen-bond donors (Lipinski definition) is 0. The molecule has 38 heavy (non-hydrogen) atoms. The molecular formula is C30H34O8. The van der Waals surface area contributed by atoms with E-state index in [-0.39, 0.29) is 13.2 Å². The number of ether oxygens (including phenoxy) is 6. The van der Waals surface area contributed by atoms with Crippen LogP contribution in [0.2, 0.25) is 0 Å². The maximum atomic E-state index is 13.0. The zero-order chi connectivity index (χ0) is 27.2. The van der Waals surface area contributed by atoms with Gasteiger partial charge in [-0.3, -0.25) is 0 Å². The second-order valence-corrected chi connectivity index (χ2v) is 10.0. The van der Waals surface area contributed by atoms with Gasteiger partial charge >= 0.3 is 11.9 Å². The lowest BCUT2D eigenvalue weighted by Crippen LogP contribution is -2.51. The van der Waals surface area contributed by atoms with Gasteiger partial charge in [0.05, 0.1) is 13.2 Å². The third-order valence-corrected chi connectivity index (χ3v) is 6.04. The number of benzene rings is 2. The van der Waals surface area contributed by atoms with Crippen molar-refractivity contribution in [3.8, 4) is 0 Å². The molecule has 2 aliphatic rings. The van der Waals surface area contributed by atoms with Crippen LogP contribution in [0.4, 0.5) is 0 Å². The van der Waals surface area contributed by atoms with Crippen molar-refractivity contribution < 1.29 is 38.0 Å². The first-order chi connectivity index (χ1) is 18.1.